The topological polar surface area (TPSA) is 38.9 Å². The average molecular weight is 206 g/mol. The molecule has 2 N–H and O–H groups in total. The zero-order valence-corrected chi connectivity index (χ0v) is 9.39. The summed E-state index contributed by atoms with van der Waals surface area (Å²) < 4.78 is 1.01. The van der Waals surface area contributed by atoms with Crippen LogP contribution in [0.4, 0.5) is 5.69 Å². The van der Waals surface area contributed by atoms with E-state index >= 15 is 0 Å². The molecular weight excluding hydrogens is 186 g/mol. The molecule has 0 amide bonds. The number of hydrogen-bond donors (Lipinski definition) is 1. The van der Waals surface area contributed by atoms with Crippen LogP contribution in [0, 0.1) is 0 Å². The van der Waals surface area contributed by atoms with Crippen molar-refractivity contribution in [3.05, 3.63) is 24.5 Å². The van der Waals surface area contributed by atoms with Crippen LogP contribution in [0.2, 0.25) is 0 Å². The first kappa shape index (κ1) is 10.6. The largest absolute Gasteiger partial charge is 0.327 e. The Morgan fingerprint density at radius 1 is 1.27 bits per heavy atom. The first-order valence-electron chi connectivity index (χ1n) is 5.71. The molecule has 0 aromatic carbocycles. The molecule has 0 aliphatic carbocycles. The van der Waals surface area contributed by atoms with Gasteiger partial charge in [-0.15, -0.1) is 0 Å². The number of pyridine rings is 1. The smallest absolute Gasteiger partial charge is 0.135 e. The van der Waals surface area contributed by atoms with Gasteiger partial charge in [0, 0.05) is 37.0 Å². The van der Waals surface area contributed by atoms with E-state index in [1.807, 2.05) is 12.4 Å². The summed E-state index contributed by atoms with van der Waals surface area (Å²) in [6.07, 6.45) is 7.27. The molecule has 1 aromatic heterocycles. The molecule has 0 saturated carbocycles. The highest BCUT2D eigenvalue weighted by Gasteiger charge is 2.28. The molecule has 0 spiro atoms. The highest BCUT2D eigenvalue weighted by molar-refractivity contribution is 5.40. The maximum Gasteiger partial charge on any atom is 0.135 e. The number of nitrogens with zero attached hydrogens (tertiary/aromatic N) is 2. The molecule has 2 rings (SSSR count). The van der Waals surface area contributed by atoms with Gasteiger partial charge in [0.15, 0.2) is 0 Å². The van der Waals surface area contributed by atoms with Crippen molar-refractivity contribution in [2.24, 2.45) is 5.73 Å². The van der Waals surface area contributed by atoms with Crippen LogP contribution in [0.1, 0.15) is 19.3 Å². The van der Waals surface area contributed by atoms with Crippen molar-refractivity contribution in [3.63, 3.8) is 0 Å². The van der Waals surface area contributed by atoms with Crippen molar-refractivity contribution in [1.29, 1.82) is 0 Å². The van der Waals surface area contributed by atoms with E-state index in [0.29, 0.717) is 6.04 Å². The second-order valence-electron chi connectivity index (χ2n) is 4.74. The lowest BCUT2D eigenvalue weighted by Gasteiger charge is -2.32. The highest BCUT2D eigenvalue weighted by atomic mass is 15.3. The molecular formula is C12H20N3+. The molecule has 82 valence electrons. The molecule has 0 radical (unpaired) electrons. The second-order valence-corrected chi connectivity index (χ2v) is 4.74. The summed E-state index contributed by atoms with van der Waals surface area (Å²) in [7, 11) is 2.30. The van der Waals surface area contributed by atoms with Gasteiger partial charge in [-0.25, -0.2) is 0 Å². The number of likely N-dealkylation sites (tertiary alicyclic amines) is 1. The van der Waals surface area contributed by atoms with Gasteiger partial charge in [0.25, 0.3) is 0 Å². The Bertz CT molecular complexity index is 312. The molecule has 0 bridgehead atoms. The Labute approximate surface area is 91.5 Å². The first-order valence-corrected chi connectivity index (χ1v) is 5.71. The van der Waals surface area contributed by atoms with E-state index < -0.39 is 0 Å². The third-order valence-corrected chi connectivity index (χ3v) is 3.51. The monoisotopic (exact) mass is 206 g/mol. The van der Waals surface area contributed by atoms with Crippen LogP contribution >= 0.6 is 0 Å². The third kappa shape index (κ3) is 2.36. The minimum atomic E-state index is 0.395. The number of rotatable bonds is 1. The van der Waals surface area contributed by atoms with Crippen LogP contribution in [-0.2, 0) is 0 Å². The van der Waals surface area contributed by atoms with Crippen molar-refractivity contribution in [3.8, 4) is 0 Å². The molecule has 2 heterocycles. The Morgan fingerprint density at radius 2 is 2.00 bits per heavy atom. The minimum absolute atomic E-state index is 0.395. The van der Waals surface area contributed by atoms with Crippen LogP contribution in [0.15, 0.2) is 24.5 Å². The standard InChI is InChI=1S/C12H20N3/c1-15(12-4-7-14-8-5-12)9-2-3-11(13)6-10-15/h4-5,7-8,11H,2-3,6,9-10,13H2,1H3/q+1. The van der Waals surface area contributed by atoms with Crippen molar-refractivity contribution in [2.45, 2.75) is 25.3 Å². The van der Waals surface area contributed by atoms with E-state index in [9.17, 15) is 0 Å². The van der Waals surface area contributed by atoms with Crippen molar-refractivity contribution >= 4 is 5.69 Å². The second kappa shape index (κ2) is 4.29. The fourth-order valence-electron chi connectivity index (χ4n) is 2.37. The van der Waals surface area contributed by atoms with Gasteiger partial charge in [-0.1, -0.05) is 0 Å². The van der Waals surface area contributed by atoms with Crippen LogP contribution in [-0.4, -0.2) is 31.2 Å². The zero-order valence-electron chi connectivity index (χ0n) is 9.39. The van der Waals surface area contributed by atoms with Gasteiger partial charge < -0.3 is 5.73 Å². The summed E-state index contributed by atoms with van der Waals surface area (Å²) in [6.45, 7) is 2.34. The first-order chi connectivity index (χ1) is 7.21. The third-order valence-electron chi connectivity index (χ3n) is 3.51. The molecule has 1 aliphatic heterocycles. The van der Waals surface area contributed by atoms with Gasteiger partial charge in [-0.3, -0.25) is 9.47 Å². The summed E-state index contributed by atoms with van der Waals surface area (Å²) in [5, 5.41) is 0. The molecule has 1 saturated heterocycles. The Kier molecular flexibility index (Phi) is 3.03. The lowest BCUT2D eigenvalue weighted by Crippen LogP contribution is -2.46. The van der Waals surface area contributed by atoms with Crippen LogP contribution in [0.5, 0.6) is 0 Å². The van der Waals surface area contributed by atoms with E-state index in [2.05, 4.69) is 24.2 Å². The molecule has 3 nitrogen and oxygen atoms in total. The molecule has 1 aliphatic rings. The molecule has 3 heteroatoms. The number of nitrogens with two attached hydrogens (primary N) is 1. The van der Waals surface area contributed by atoms with Crippen LogP contribution in [0.3, 0.4) is 0 Å². The molecule has 1 aromatic rings. The van der Waals surface area contributed by atoms with Crippen molar-refractivity contribution in [2.75, 3.05) is 20.1 Å². The molecule has 2 unspecified atom stereocenters. The average Bonchev–Trinajstić information content (AvgIpc) is 2.44. The van der Waals surface area contributed by atoms with Gasteiger partial charge >= 0.3 is 0 Å². The van der Waals surface area contributed by atoms with E-state index in [4.69, 9.17) is 5.73 Å². The Hall–Kier alpha value is -0.930. The fourth-order valence-corrected chi connectivity index (χ4v) is 2.37. The Balaban J connectivity index is 2.19. The van der Waals surface area contributed by atoms with Gasteiger partial charge in [0.1, 0.15) is 5.69 Å². The lowest BCUT2D eigenvalue weighted by atomic mass is 10.1. The van der Waals surface area contributed by atoms with E-state index in [1.165, 1.54) is 25.1 Å². The Morgan fingerprint density at radius 3 is 2.73 bits per heavy atom. The summed E-state index contributed by atoms with van der Waals surface area (Å²) >= 11 is 0. The fraction of sp³-hybridized carbons (Fsp3) is 0.583. The predicted octanol–water partition coefficient (Wildman–Crippen LogP) is 1.53. The summed E-state index contributed by atoms with van der Waals surface area (Å²) in [5.41, 5.74) is 7.37. The highest BCUT2D eigenvalue weighted by Crippen LogP contribution is 2.24. The van der Waals surface area contributed by atoms with Crippen LogP contribution in [0.25, 0.3) is 0 Å². The van der Waals surface area contributed by atoms with Gasteiger partial charge in [-0.2, -0.15) is 0 Å². The lowest BCUT2D eigenvalue weighted by molar-refractivity contribution is 0.340. The normalized spacial score (nSPS) is 32.3. The van der Waals surface area contributed by atoms with E-state index in [-0.39, 0.29) is 0 Å². The summed E-state index contributed by atoms with van der Waals surface area (Å²) in [4.78, 5) is 4.08. The van der Waals surface area contributed by atoms with E-state index in [0.717, 1.165) is 17.4 Å². The quantitative estimate of drug-likeness (QED) is 0.708. The van der Waals surface area contributed by atoms with Crippen LogP contribution < -0.4 is 10.2 Å². The minimum Gasteiger partial charge on any atom is -0.327 e. The molecule has 2 atom stereocenters. The SMILES string of the molecule is C[N+]1(c2ccncc2)CCCC(N)CC1. The maximum absolute atomic E-state index is 6.01. The van der Waals surface area contributed by atoms with E-state index in [1.54, 1.807) is 0 Å². The summed E-state index contributed by atoms with van der Waals surface area (Å²) in [5.74, 6) is 0. The predicted molar refractivity (Wildman–Crippen MR) is 63.5 cm³/mol. The summed E-state index contributed by atoms with van der Waals surface area (Å²) in [6, 6.07) is 4.64. The molecule has 1 fully saturated rings. The zero-order chi connectivity index (χ0) is 10.7. The molecule has 15 heavy (non-hydrogen) atoms. The number of quaternary nitrogens is 1. The number of aromatic nitrogens is 1. The van der Waals surface area contributed by atoms with Crippen molar-refractivity contribution < 1.29 is 0 Å². The van der Waals surface area contributed by atoms with Crippen molar-refractivity contribution in [1.82, 2.24) is 9.47 Å². The number of hydrogen-bond acceptors (Lipinski definition) is 2. The maximum atomic E-state index is 6.01. The van der Waals surface area contributed by atoms with Gasteiger partial charge in [0.2, 0.25) is 0 Å². The van der Waals surface area contributed by atoms with Gasteiger partial charge in [0.05, 0.1) is 20.1 Å². The van der Waals surface area contributed by atoms with Gasteiger partial charge in [-0.05, 0) is 12.8 Å².